The highest BCUT2D eigenvalue weighted by molar-refractivity contribution is 9.10. The first-order valence-corrected chi connectivity index (χ1v) is 9.88. The molecular formula is C20H23BrN4O2. The number of halogens is 1. The van der Waals surface area contributed by atoms with E-state index in [0.717, 1.165) is 47.5 Å². The van der Waals surface area contributed by atoms with E-state index in [1.807, 2.05) is 25.1 Å². The molecule has 0 bridgehead atoms. The van der Waals surface area contributed by atoms with Crippen LogP contribution in [0.5, 0.6) is 0 Å². The fraction of sp³-hybridized carbons (Fsp3) is 0.350. The molecule has 1 aromatic carbocycles. The van der Waals surface area contributed by atoms with Gasteiger partial charge in [-0.15, -0.1) is 0 Å². The predicted molar refractivity (Wildman–Crippen MR) is 110 cm³/mol. The standard InChI is InChI=1S/C20H23BrN4O2/c1-14-6-7-15(21)13-17(14)24-18(26)8-10-23-20(27)16-5-4-9-22-19(16)25-11-2-3-12-25/h4-7,9,13H,2-3,8,10-12H2,1H3,(H,23,27)(H,24,26). The number of hydrogen-bond donors (Lipinski definition) is 2. The molecule has 1 aliphatic rings. The Morgan fingerprint density at radius 1 is 1.22 bits per heavy atom. The fourth-order valence-electron chi connectivity index (χ4n) is 3.08. The van der Waals surface area contributed by atoms with Gasteiger partial charge < -0.3 is 15.5 Å². The lowest BCUT2D eigenvalue weighted by atomic mass is 10.2. The Labute approximate surface area is 167 Å². The van der Waals surface area contributed by atoms with Crippen LogP contribution in [0, 0.1) is 6.92 Å². The van der Waals surface area contributed by atoms with E-state index in [9.17, 15) is 9.59 Å². The van der Waals surface area contributed by atoms with Crippen LogP contribution in [-0.2, 0) is 4.79 Å². The molecule has 0 radical (unpaired) electrons. The number of carbonyl (C=O) groups is 2. The highest BCUT2D eigenvalue weighted by Crippen LogP contribution is 2.22. The van der Waals surface area contributed by atoms with Crippen molar-refractivity contribution in [3.8, 4) is 0 Å². The van der Waals surface area contributed by atoms with Gasteiger partial charge in [0.05, 0.1) is 5.56 Å². The van der Waals surface area contributed by atoms with E-state index in [0.29, 0.717) is 5.56 Å². The Balaban J connectivity index is 1.54. The normalized spacial score (nSPS) is 13.5. The molecule has 2 heterocycles. The molecule has 3 rings (SSSR count). The number of carbonyl (C=O) groups excluding carboxylic acids is 2. The van der Waals surface area contributed by atoms with E-state index in [-0.39, 0.29) is 24.8 Å². The van der Waals surface area contributed by atoms with Gasteiger partial charge in [0, 0.05) is 42.4 Å². The minimum absolute atomic E-state index is 0.137. The first kappa shape index (κ1) is 19.4. The van der Waals surface area contributed by atoms with E-state index in [4.69, 9.17) is 0 Å². The van der Waals surface area contributed by atoms with E-state index in [1.54, 1.807) is 18.3 Å². The maximum Gasteiger partial charge on any atom is 0.255 e. The van der Waals surface area contributed by atoms with Crippen molar-refractivity contribution in [1.29, 1.82) is 0 Å². The highest BCUT2D eigenvalue weighted by atomic mass is 79.9. The van der Waals surface area contributed by atoms with Crippen molar-refractivity contribution >= 4 is 39.2 Å². The second-order valence-corrected chi connectivity index (χ2v) is 7.50. The summed E-state index contributed by atoms with van der Waals surface area (Å²) >= 11 is 3.40. The van der Waals surface area contributed by atoms with Crippen LogP contribution in [0.3, 0.4) is 0 Å². The zero-order chi connectivity index (χ0) is 19.2. The van der Waals surface area contributed by atoms with Crippen LogP contribution in [-0.4, -0.2) is 36.4 Å². The smallest absolute Gasteiger partial charge is 0.255 e. The number of anilines is 2. The van der Waals surface area contributed by atoms with Crippen LogP contribution >= 0.6 is 15.9 Å². The molecule has 0 atom stereocenters. The van der Waals surface area contributed by atoms with Crippen molar-refractivity contribution in [2.45, 2.75) is 26.2 Å². The lowest BCUT2D eigenvalue weighted by Gasteiger charge is -2.19. The summed E-state index contributed by atoms with van der Waals surface area (Å²) in [4.78, 5) is 31.2. The Hall–Kier alpha value is -2.41. The molecule has 0 saturated carbocycles. The average molecular weight is 431 g/mol. The maximum atomic E-state index is 12.5. The molecular weight excluding hydrogens is 408 g/mol. The first-order chi connectivity index (χ1) is 13.0. The third-order valence-electron chi connectivity index (χ3n) is 4.55. The lowest BCUT2D eigenvalue weighted by Crippen LogP contribution is -2.30. The van der Waals surface area contributed by atoms with Crippen molar-refractivity contribution < 1.29 is 9.59 Å². The largest absolute Gasteiger partial charge is 0.356 e. The van der Waals surface area contributed by atoms with E-state index in [2.05, 4.69) is 36.4 Å². The quantitative estimate of drug-likeness (QED) is 0.734. The van der Waals surface area contributed by atoms with Crippen LogP contribution in [0.15, 0.2) is 41.0 Å². The molecule has 0 unspecified atom stereocenters. The second kappa shape index (κ2) is 8.99. The number of nitrogens with zero attached hydrogens (tertiary/aromatic N) is 2. The number of rotatable bonds is 6. The summed E-state index contributed by atoms with van der Waals surface area (Å²) in [5, 5.41) is 5.71. The molecule has 1 aromatic heterocycles. The summed E-state index contributed by atoms with van der Waals surface area (Å²) in [6, 6.07) is 9.27. The summed E-state index contributed by atoms with van der Waals surface area (Å²) < 4.78 is 0.905. The SMILES string of the molecule is Cc1ccc(Br)cc1NC(=O)CCNC(=O)c1cccnc1N1CCCC1. The van der Waals surface area contributed by atoms with E-state index >= 15 is 0 Å². The lowest BCUT2D eigenvalue weighted by molar-refractivity contribution is -0.116. The molecule has 1 saturated heterocycles. The first-order valence-electron chi connectivity index (χ1n) is 9.09. The molecule has 1 fully saturated rings. The van der Waals surface area contributed by atoms with Crippen molar-refractivity contribution in [3.63, 3.8) is 0 Å². The van der Waals surface area contributed by atoms with Gasteiger partial charge in [0.1, 0.15) is 5.82 Å². The molecule has 0 spiro atoms. The van der Waals surface area contributed by atoms with Crippen molar-refractivity contribution in [2.24, 2.45) is 0 Å². The van der Waals surface area contributed by atoms with Gasteiger partial charge in [0.2, 0.25) is 5.91 Å². The molecule has 6 nitrogen and oxygen atoms in total. The molecule has 7 heteroatoms. The van der Waals surface area contributed by atoms with Crippen LogP contribution in [0.1, 0.15) is 35.2 Å². The minimum Gasteiger partial charge on any atom is -0.356 e. The summed E-state index contributed by atoms with van der Waals surface area (Å²) in [5.41, 5.74) is 2.31. The van der Waals surface area contributed by atoms with Gasteiger partial charge in [0.25, 0.3) is 5.91 Å². The third-order valence-corrected chi connectivity index (χ3v) is 5.04. The molecule has 2 amide bonds. The fourth-order valence-corrected chi connectivity index (χ4v) is 3.44. The van der Waals surface area contributed by atoms with Gasteiger partial charge in [-0.25, -0.2) is 4.98 Å². The van der Waals surface area contributed by atoms with Gasteiger partial charge in [0.15, 0.2) is 0 Å². The number of nitrogens with one attached hydrogen (secondary N) is 2. The molecule has 2 N–H and O–H groups in total. The summed E-state index contributed by atoms with van der Waals surface area (Å²) in [6.45, 7) is 4.05. The summed E-state index contributed by atoms with van der Waals surface area (Å²) in [6.07, 6.45) is 4.15. The van der Waals surface area contributed by atoms with Gasteiger partial charge in [-0.3, -0.25) is 9.59 Å². The summed E-state index contributed by atoms with van der Waals surface area (Å²) in [5.74, 6) is 0.389. The topological polar surface area (TPSA) is 74.3 Å². The maximum absolute atomic E-state index is 12.5. The number of pyridine rings is 1. The van der Waals surface area contributed by atoms with Crippen molar-refractivity contribution in [1.82, 2.24) is 10.3 Å². The van der Waals surface area contributed by atoms with Crippen LogP contribution in [0.2, 0.25) is 0 Å². The third kappa shape index (κ3) is 5.07. The van der Waals surface area contributed by atoms with Gasteiger partial charge in [-0.05, 0) is 49.6 Å². The molecule has 1 aliphatic heterocycles. The van der Waals surface area contributed by atoms with Crippen molar-refractivity contribution in [2.75, 3.05) is 29.9 Å². The van der Waals surface area contributed by atoms with Crippen LogP contribution < -0.4 is 15.5 Å². The number of benzene rings is 1. The summed E-state index contributed by atoms with van der Waals surface area (Å²) in [7, 11) is 0. The van der Waals surface area contributed by atoms with Crippen LogP contribution in [0.25, 0.3) is 0 Å². The number of aromatic nitrogens is 1. The Morgan fingerprint density at radius 2 is 2.00 bits per heavy atom. The zero-order valence-electron chi connectivity index (χ0n) is 15.3. The van der Waals surface area contributed by atoms with E-state index in [1.165, 1.54) is 0 Å². The Bertz CT molecular complexity index is 834. The number of amides is 2. The molecule has 2 aromatic rings. The predicted octanol–water partition coefficient (Wildman–Crippen LogP) is 3.51. The Morgan fingerprint density at radius 3 is 2.78 bits per heavy atom. The number of aryl methyl sites for hydroxylation is 1. The van der Waals surface area contributed by atoms with Gasteiger partial charge >= 0.3 is 0 Å². The average Bonchev–Trinajstić information content (AvgIpc) is 3.19. The van der Waals surface area contributed by atoms with E-state index < -0.39 is 0 Å². The van der Waals surface area contributed by atoms with Crippen molar-refractivity contribution in [3.05, 3.63) is 52.1 Å². The zero-order valence-corrected chi connectivity index (χ0v) is 16.9. The minimum atomic E-state index is -0.198. The second-order valence-electron chi connectivity index (χ2n) is 6.58. The number of hydrogen-bond acceptors (Lipinski definition) is 4. The molecule has 142 valence electrons. The molecule has 0 aliphatic carbocycles. The Kier molecular flexibility index (Phi) is 6.45. The van der Waals surface area contributed by atoms with Gasteiger partial charge in [-0.2, -0.15) is 0 Å². The monoisotopic (exact) mass is 430 g/mol. The van der Waals surface area contributed by atoms with Crippen LogP contribution in [0.4, 0.5) is 11.5 Å². The van der Waals surface area contributed by atoms with Gasteiger partial charge in [-0.1, -0.05) is 22.0 Å². The molecule has 27 heavy (non-hydrogen) atoms. The highest BCUT2D eigenvalue weighted by Gasteiger charge is 2.20.